The van der Waals surface area contributed by atoms with Gasteiger partial charge in [-0.3, -0.25) is 4.68 Å². The van der Waals surface area contributed by atoms with Crippen molar-refractivity contribution in [3.05, 3.63) is 47.5 Å². The Kier molecular flexibility index (Phi) is 3.02. The Bertz CT molecular complexity index is 595. The molecular formula is C11H7F3N4. The molecule has 2 heterocycles. The molecule has 0 aliphatic heterocycles. The molecule has 2 aromatic rings. The van der Waals surface area contributed by atoms with Gasteiger partial charge >= 0.3 is 6.18 Å². The molecule has 0 fully saturated rings. The van der Waals surface area contributed by atoms with Crippen LogP contribution in [0.1, 0.15) is 16.8 Å². The van der Waals surface area contributed by atoms with Crippen LogP contribution in [0.25, 0.3) is 0 Å². The number of alkyl halides is 3. The molecule has 0 radical (unpaired) electrons. The number of aromatic nitrogens is 3. The summed E-state index contributed by atoms with van der Waals surface area (Å²) in [6.07, 6.45) is -1.31. The van der Waals surface area contributed by atoms with E-state index in [9.17, 15) is 13.2 Å². The van der Waals surface area contributed by atoms with Gasteiger partial charge in [0.15, 0.2) is 0 Å². The quantitative estimate of drug-likeness (QED) is 0.823. The molecule has 0 saturated heterocycles. The van der Waals surface area contributed by atoms with Crippen molar-refractivity contribution in [3.63, 3.8) is 0 Å². The standard InChI is InChI=1S/C11H7F3N4/c12-11(13,14)9-5-17-18(7-9)6-8-2-1-3-16-10(8)4-15/h1-3,5,7H,6H2. The van der Waals surface area contributed by atoms with E-state index in [4.69, 9.17) is 5.26 Å². The average molecular weight is 252 g/mol. The van der Waals surface area contributed by atoms with Crippen molar-refractivity contribution in [1.82, 2.24) is 14.8 Å². The monoisotopic (exact) mass is 252 g/mol. The second-order valence-corrected chi connectivity index (χ2v) is 3.55. The molecule has 2 aromatic heterocycles. The van der Waals surface area contributed by atoms with Crippen LogP contribution in [0.2, 0.25) is 0 Å². The van der Waals surface area contributed by atoms with E-state index in [2.05, 4.69) is 10.1 Å². The number of nitrogens with zero attached hydrogens (tertiary/aromatic N) is 4. The third-order valence-corrected chi connectivity index (χ3v) is 2.29. The van der Waals surface area contributed by atoms with Crippen LogP contribution < -0.4 is 0 Å². The zero-order valence-corrected chi connectivity index (χ0v) is 9.02. The van der Waals surface area contributed by atoms with Gasteiger partial charge < -0.3 is 0 Å². The first kappa shape index (κ1) is 12.1. The molecule has 0 aromatic carbocycles. The maximum atomic E-state index is 12.4. The third-order valence-electron chi connectivity index (χ3n) is 2.29. The molecule has 0 spiro atoms. The van der Waals surface area contributed by atoms with E-state index < -0.39 is 11.7 Å². The zero-order valence-electron chi connectivity index (χ0n) is 9.02. The van der Waals surface area contributed by atoms with Crippen LogP contribution in [-0.2, 0) is 12.7 Å². The van der Waals surface area contributed by atoms with Gasteiger partial charge in [0.2, 0.25) is 0 Å². The van der Waals surface area contributed by atoms with Crippen LogP contribution in [0.3, 0.4) is 0 Å². The molecule has 0 bridgehead atoms. The summed E-state index contributed by atoms with van der Waals surface area (Å²) in [6, 6.07) is 5.12. The molecule has 0 unspecified atom stereocenters. The van der Waals surface area contributed by atoms with Crippen molar-refractivity contribution in [3.8, 4) is 6.07 Å². The molecule has 0 amide bonds. The first-order chi connectivity index (χ1) is 8.50. The van der Waals surface area contributed by atoms with Crippen molar-refractivity contribution in [2.45, 2.75) is 12.7 Å². The van der Waals surface area contributed by atoms with Crippen molar-refractivity contribution in [1.29, 1.82) is 5.26 Å². The second-order valence-electron chi connectivity index (χ2n) is 3.55. The number of hydrogen-bond acceptors (Lipinski definition) is 3. The largest absolute Gasteiger partial charge is 0.419 e. The Morgan fingerprint density at radius 3 is 2.78 bits per heavy atom. The maximum Gasteiger partial charge on any atom is 0.419 e. The van der Waals surface area contributed by atoms with Gasteiger partial charge in [-0.1, -0.05) is 6.07 Å². The second kappa shape index (κ2) is 4.49. The maximum absolute atomic E-state index is 12.4. The van der Waals surface area contributed by atoms with Crippen molar-refractivity contribution < 1.29 is 13.2 Å². The fraction of sp³-hybridized carbons (Fsp3) is 0.182. The van der Waals surface area contributed by atoms with E-state index >= 15 is 0 Å². The lowest BCUT2D eigenvalue weighted by Crippen LogP contribution is -2.05. The minimum Gasteiger partial charge on any atom is -0.268 e. The molecule has 18 heavy (non-hydrogen) atoms. The fourth-order valence-electron chi connectivity index (χ4n) is 1.44. The van der Waals surface area contributed by atoms with Gasteiger partial charge in [0.25, 0.3) is 0 Å². The van der Waals surface area contributed by atoms with Gasteiger partial charge in [0.1, 0.15) is 11.8 Å². The highest BCUT2D eigenvalue weighted by atomic mass is 19.4. The number of pyridine rings is 1. The summed E-state index contributed by atoms with van der Waals surface area (Å²) < 4.78 is 38.2. The third kappa shape index (κ3) is 2.48. The molecule has 92 valence electrons. The summed E-state index contributed by atoms with van der Waals surface area (Å²) >= 11 is 0. The molecular weight excluding hydrogens is 245 g/mol. The summed E-state index contributed by atoms with van der Waals surface area (Å²) in [5, 5.41) is 12.4. The van der Waals surface area contributed by atoms with Gasteiger partial charge in [-0.15, -0.1) is 0 Å². The van der Waals surface area contributed by atoms with Crippen LogP contribution in [-0.4, -0.2) is 14.8 Å². The summed E-state index contributed by atoms with van der Waals surface area (Å²) in [5.41, 5.74) is -0.108. The summed E-state index contributed by atoms with van der Waals surface area (Å²) in [5.74, 6) is 0. The molecule has 0 saturated carbocycles. The molecule has 0 aliphatic carbocycles. The summed E-state index contributed by atoms with van der Waals surface area (Å²) in [7, 11) is 0. The number of nitriles is 1. The van der Waals surface area contributed by atoms with Crippen LogP contribution in [0, 0.1) is 11.3 Å². The first-order valence-electron chi connectivity index (χ1n) is 4.94. The minimum atomic E-state index is -4.41. The predicted molar refractivity (Wildman–Crippen MR) is 55.3 cm³/mol. The predicted octanol–water partition coefficient (Wildman–Crippen LogP) is 2.22. The Morgan fingerprint density at radius 2 is 2.17 bits per heavy atom. The Morgan fingerprint density at radius 1 is 1.39 bits per heavy atom. The van der Waals surface area contributed by atoms with Crippen molar-refractivity contribution in [2.75, 3.05) is 0 Å². The van der Waals surface area contributed by atoms with E-state index in [1.54, 1.807) is 12.1 Å². The Hall–Kier alpha value is -2.36. The lowest BCUT2D eigenvalue weighted by molar-refractivity contribution is -0.137. The van der Waals surface area contributed by atoms with E-state index in [1.807, 2.05) is 6.07 Å². The fourth-order valence-corrected chi connectivity index (χ4v) is 1.44. The highest BCUT2D eigenvalue weighted by Gasteiger charge is 2.32. The molecule has 4 nitrogen and oxygen atoms in total. The lowest BCUT2D eigenvalue weighted by Gasteiger charge is -2.03. The first-order valence-corrected chi connectivity index (χ1v) is 4.94. The number of halogens is 3. The SMILES string of the molecule is N#Cc1ncccc1Cn1cc(C(F)(F)F)cn1. The van der Waals surface area contributed by atoms with Crippen LogP contribution in [0.4, 0.5) is 13.2 Å². The topological polar surface area (TPSA) is 54.5 Å². The van der Waals surface area contributed by atoms with Gasteiger partial charge in [0, 0.05) is 18.0 Å². The lowest BCUT2D eigenvalue weighted by atomic mass is 10.2. The Labute approximate surface area is 100 Å². The highest BCUT2D eigenvalue weighted by molar-refractivity contribution is 5.30. The molecule has 0 atom stereocenters. The van der Waals surface area contributed by atoms with Crippen LogP contribution in [0.5, 0.6) is 0 Å². The smallest absolute Gasteiger partial charge is 0.268 e. The minimum absolute atomic E-state index is 0.0762. The summed E-state index contributed by atoms with van der Waals surface area (Å²) in [6.45, 7) is 0.0762. The van der Waals surface area contributed by atoms with E-state index in [0.717, 1.165) is 17.1 Å². The molecule has 0 aliphatic rings. The van der Waals surface area contributed by atoms with Crippen LogP contribution >= 0.6 is 0 Å². The van der Waals surface area contributed by atoms with E-state index in [-0.39, 0.29) is 12.2 Å². The Balaban J connectivity index is 2.25. The molecule has 2 rings (SSSR count). The normalized spacial score (nSPS) is 11.2. The zero-order chi connectivity index (χ0) is 13.2. The van der Waals surface area contributed by atoms with E-state index in [0.29, 0.717) is 5.56 Å². The van der Waals surface area contributed by atoms with Crippen molar-refractivity contribution >= 4 is 0 Å². The van der Waals surface area contributed by atoms with Crippen LogP contribution in [0.15, 0.2) is 30.7 Å². The van der Waals surface area contributed by atoms with Gasteiger partial charge in [-0.05, 0) is 6.07 Å². The van der Waals surface area contributed by atoms with Gasteiger partial charge in [-0.25, -0.2) is 4.98 Å². The number of hydrogen-bond donors (Lipinski definition) is 0. The van der Waals surface area contributed by atoms with E-state index in [1.165, 1.54) is 6.20 Å². The molecule has 7 heteroatoms. The number of rotatable bonds is 2. The van der Waals surface area contributed by atoms with Gasteiger partial charge in [0.05, 0.1) is 18.3 Å². The molecule has 0 N–H and O–H groups in total. The highest BCUT2D eigenvalue weighted by Crippen LogP contribution is 2.28. The average Bonchev–Trinajstić information content (AvgIpc) is 2.78. The summed E-state index contributed by atoms with van der Waals surface area (Å²) in [4.78, 5) is 3.82. The van der Waals surface area contributed by atoms with Gasteiger partial charge in [-0.2, -0.15) is 23.5 Å². The van der Waals surface area contributed by atoms with Crippen molar-refractivity contribution in [2.24, 2.45) is 0 Å².